The van der Waals surface area contributed by atoms with E-state index in [2.05, 4.69) is 4.98 Å². The molecule has 0 aliphatic carbocycles. The van der Waals surface area contributed by atoms with Gasteiger partial charge in [-0.15, -0.1) is 0 Å². The van der Waals surface area contributed by atoms with E-state index in [9.17, 15) is 18.0 Å². The Morgan fingerprint density at radius 3 is 2.85 bits per heavy atom. The smallest absolute Gasteiger partial charge is 0.256 e. The van der Waals surface area contributed by atoms with Gasteiger partial charge in [-0.1, -0.05) is 6.07 Å². The summed E-state index contributed by atoms with van der Waals surface area (Å²) in [5.74, 6) is -3.52. The second-order valence-corrected chi connectivity index (χ2v) is 6.48. The molecule has 134 valence electrons. The number of carbonyl (C=O) groups is 1. The summed E-state index contributed by atoms with van der Waals surface area (Å²) >= 11 is 0. The summed E-state index contributed by atoms with van der Waals surface area (Å²) in [6, 6.07) is 6.04. The number of nitrogens with zero attached hydrogens (tertiary/aromatic N) is 3. The van der Waals surface area contributed by atoms with Crippen LogP contribution in [0.25, 0.3) is 11.0 Å². The van der Waals surface area contributed by atoms with Gasteiger partial charge in [0.05, 0.1) is 23.4 Å². The van der Waals surface area contributed by atoms with Crippen molar-refractivity contribution >= 4 is 16.9 Å². The maximum absolute atomic E-state index is 14.2. The van der Waals surface area contributed by atoms with Crippen molar-refractivity contribution < 1.29 is 18.0 Å². The first-order valence-corrected chi connectivity index (χ1v) is 8.33. The lowest BCUT2D eigenvalue weighted by Crippen LogP contribution is -2.31. The van der Waals surface area contributed by atoms with E-state index in [0.717, 1.165) is 11.6 Å². The molecule has 0 saturated carbocycles. The van der Waals surface area contributed by atoms with Gasteiger partial charge in [0.15, 0.2) is 11.6 Å². The maximum Gasteiger partial charge on any atom is 0.256 e. The van der Waals surface area contributed by atoms with E-state index < -0.39 is 23.5 Å². The average Bonchev–Trinajstić information content (AvgIpc) is 3.25. The van der Waals surface area contributed by atoms with E-state index in [-0.39, 0.29) is 11.5 Å². The Hall–Kier alpha value is -2.83. The SMILES string of the molecule is Cn1cnc2c(C(=O)N3CCCC3c3cc(F)cc(F)c3F)cccc21. The molecule has 4 rings (SSSR count). The fourth-order valence-corrected chi connectivity index (χ4v) is 3.64. The normalized spacial score (nSPS) is 17.2. The largest absolute Gasteiger partial charge is 0.334 e. The van der Waals surface area contributed by atoms with Crippen LogP contribution < -0.4 is 0 Å². The van der Waals surface area contributed by atoms with Crippen LogP contribution in [0.2, 0.25) is 0 Å². The standard InChI is InChI=1S/C19H16F3N3O/c1-24-10-23-18-12(4-2-5-16(18)24)19(26)25-7-3-6-15(25)13-8-11(20)9-14(21)17(13)22/h2,4-5,8-10,15H,3,6-7H2,1H3. The maximum atomic E-state index is 14.2. The lowest BCUT2D eigenvalue weighted by molar-refractivity contribution is 0.0734. The molecular weight excluding hydrogens is 343 g/mol. The minimum atomic E-state index is -1.24. The monoisotopic (exact) mass is 359 g/mol. The van der Waals surface area contributed by atoms with Gasteiger partial charge in [-0.25, -0.2) is 18.2 Å². The van der Waals surface area contributed by atoms with Gasteiger partial charge in [-0.3, -0.25) is 4.79 Å². The number of benzene rings is 2. The number of amides is 1. The highest BCUT2D eigenvalue weighted by Gasteiger charge is 2.34. The second kappa shape index (κ2) is 6.16. The van der Waals surface area contributed by atoms with Crippen molar-refractivity contribution in [1.82, 2.24) is 14.5 Å². The fourth-order valence-electron chi connectivity index (χ4n) is 3.64. The van der Waals surface area contributed by atoms with E-state index in [1.165, 1.54) is 4.90 Å². The van der Waals surface area contributed by atoms with Crippen molar-refractivity contribution in [3.8, 4) is 0 Å². The van der Waals surface area contributed by atoms with Gasteiger partial charge < -0.3 is 9.47 Å². The first kappa shape index (κ1) is 16.6. The van der Waals surface area contributed by atoms with Crippen molar-refractivity contribution in [1.29, 1.82) is 0 Å². The van der Waals surface area contributed by atoms with Gasteiger partial charge in [-0.05, 0) is 31.0 Å². The van der Waals surface area contributed by atoms with Gasteiger partial charge in [0, 0.05) is 25.2 Å². The third kappa shape index (κ3) is 2.55. The molecule has 1 aliphatic rings. The number of aryl methyl sites for hydroxylation is 1. The number of hydrogen-bond donors (Lipinski definition) is 0. The summed E-state index contributed by atoms with van der Waals surface area (Å²) < 4.78 is 43.3. The Balaban J connectivity index is 1.76. The number of likely N-dealkylation sites (tertiary alicyclic amines) is 1. The molecule has 2 heterocycles. The summed E-state index contributed by atoms with van der Waals surface area (Å²) in [5, 5.41) is 0. The Labute approximate surface area is 147 Å². The molecule has 1 amide bonds. The number of rotatable bonds is 2. The van der Waals surface area contributed by atoms with E-state index >= 15 is 0 Å². The Kier molecular flexibility index (Phi) is 3.94. The van der Waals surface area contributed by atoms with Crippen LogP contribution in [0.5, 0.6) is 0 Å². The first-order valence-electron chi connectivity index (χ1n) is 8.33. The van der Waals surface area contributed by atoms with Crippen LogP contribution in [0.1, 0.15) is 34.8 Å². The molecule has 4 nitrogen and oxygen atoms in total. The van der Waals surface area contributed by atoms with Crippen LogP contribution in [0, 0.1) is 17.5 Å². The summed E-state index contributed by atoms with van der Waals surface area (Å²) in [6.45, 7) is 0.393. The Morgan fingerprint density at radius 2 is 2.04 bits per heavy atom. The van der Waals surface area contributed by atoms with Crippen molar-refractivity contribution in [2.45, 2.75) is 18.9 Å². The lowest BCUT2D eigenvalue weighted by Gasteiger charge is -2.25. The third-order valence-corrected chi connectivity index (χ3v) is 4.88. The van der Waals surface area contributed by atoms with Crippen LogP contribution in [-0.2, 0) is 7.05 Å². The molecule has 1 aliphatic heterocycles. The Morgan fingerprint density at radius 1 is 1.23 bits per heavy atom. The molecular formula is C19H16F3N3O. The molecule has 1 fully saturated rings. The number of aromatic nitrogens is 2. The molecule has 3 aromatic rings. The molecule has 2 aromatic carbocycles. The lowest BCUT2D eigenvalue weighted by atomic mass is 10.0. The molecule has 1 aromatic heterocycles. The zero-order valence-corrected chi connectivity index (χ0v) is 14.0. The summed E-state index contributed by atoms with van der Waals surface area (Å²) in [7, 11) is 1.83. The van der Waals surface area contributed by atoms with Crippen LogP contribution in [0.15, 0.2) is 36.7 Å². The summed E-state index contributed by atoms with van der Waals surface area (Å²) in [5.41, 5.74) is 1.62. The van der Waals surface area contributed by atoms with Crippen LogP contribution in [0.4, 0.5) is 13.2 Å². The first-order chi connectivity index (χ1) is 12.5. The molecule has 1 saturated heterocycles. The van der Waals surface area contributed by atoms with Crippen molar-refractivity contribution in [3.63, 3.8) is 0 Å². The minimum Gasteiger partial charge on any atom is -0.334 e. The topological polar surface area (TPSA) is 38.1 Å². The molecule has 0 radical (unpaired) electrons. The van der Waals surface area contributed by atoms with Gasteiger partial charge >= 0.3 is 0 Å². The van der Waals surface area contributed by atoms with E-state index in [1.807, 2.05) is 13.1 Å². The highest BCUT2D eigenvalue weighted by atomic mass is 19.2. The van der Waals surface area contributed by atoms with Crippen LogP contribution in [0.3, 0.4) is 0 Å². The van der Waals surface area contributed by atoms with Gasteiger partial charge in [0.25, 0.3) is 5.91 Å². The van der Waals surface area contributed by atoms with Crippen LogP contribution >= 0.6 is 0 Å². The molecule has 26 heavy (non-hydrogen) atoms. The number of para-hydroxylation sites is 1. The summed E-state index contributed by atoms with van der Waals surface area (Å²) in [4.78, 5) is 18.9. The number of carbonyl (C=O) groups excluding carboxylic acids is 1. The number of hydrogen-bond acceptors (Lipinski definition) is 2. The quantitative estimate of drug-likeness (QED) is 0.650. The fraction of sp³-hybridized carbons (Fsp3) is 0.263. The molecule has 0 bridgehead atoms. The highest BCUT2D eigenvalue weighted by Crippen LogP contribution is 2.36. The third-order valence-electron chi connectivity index (χ3n) is 4.88. The average molecular weight is 359 g/mol. The Bertz CT molecular complexity index is 1010. The zero-order chi connectivity index (χ0) is 18.4. The van der Waals surface area contributed by atoms with Crippen LogP contribution in [-0.4, -0.2) is 26.9 Å². The predicted molar refractivity (Wildman–Crippen MR) is 90.0 cm³/mol. The van der Waals surface area contributed by atoms with E-state index in [4.69, 9.17) is 0 Å². The highest BCUT2D eigenvalue weighted by molar-refractivity contribution is 6.05. The minimum absolute atomic E-state index is 0.124. The van der Waals surface area contributed by atoms with Gasteiger partial charge in [0.1, 0.15) is 11.3 Å². The van der Waals surface area contributed by atoms with E-state index in [1.54, 1.807) is 23.0 Å². The predicted octanol–water partition coefficient (Wildman–Crippen LogP) is 3.97. The summed E-state index contributed by atoms with van der Waals surface area (Å²) in [6.07, 6.45) is 2.69. The van der Waals surface area contributed by atoms with Gasteiger partial charge in [0.2, 0.25) is 0 Å². The number of halogens is 3. The molecule has 0 spiro atoms. The molecule has 7 heteroatoms. The van der Waals surface area contributed by atoms with Crippen molar-refractivity contribution in [2.24, 2.45) is 7.05 Å². The van der Waals surface area contributed by atoms with Crippen molar-refractivity contribution in [3.05, 3.63) is 65.2 Å². The molecule has 1 atom stereocenters. The molecule has 0 N–H and O–H groups in total. The second-order valence-electron chi connectivity index (χ2n) is 6.48. The molecule has 1 unspecified atom stereocenters. The van der Waals surface area contributed by atoms with Gasteiger partial charge in [-0.2, -0.15) is 0 Å². The van der Waals surface area contributed by atoms with Crippen molar-refractivity contribution in [2.75, 3.05) is 6.54 Å². The number of imidazole rings is 1. The zero-order valence-electron chi connectivity index (χ0n) is 14.0. The van der Waals surface area contributed by atoms with E-state index in [0.29, 0.717) is 36.5 Å². The number of fused-ring (bicyclic) bond motifs is 1.